The van der Waals surface area contributed by atoms with Gasteiger partial charge in [-0.2, -0.15) is 5.10 Å². The van der Waals surface area contributed by atoms with E-state index in [1.54, 1.807) is 14.0 Å². The molecule has 7 nitrogen and oxygen atoms in total. The molecule has 30 heavy (non-hydrogen) atoms. The van der Waals surface area contributed by atoms with Gasteiger partial charge in [0.2, 0.25) is 0 Å². The molecule has 0 saturated carbocycles. The Hall–Kier alpha value is -2.11. The topological polar surface area (TPSA) is 83.7 Å². The van der Waals surface area contributed by atoms with Crippen molar-refractivity contribution in [2.24, 2.45) is 4.99 Å². The van der Waals surface area contributed by atoms with Gasteiger partial charge >= 0.3 is 0 Å². The lowest BCUT2D eigenvalue weighted by atomic mass is 10.1. The number of aliphatic hydroxyl groups is 1. The van der Waals surface area contributed by atoms with Crippen molar-refractivity contribution in [3.63, 3.8) is 0 Å². The minimum atomic E-state index is -0.958. The highest BCUT2D eigenvalue weighted by Gasteiger charge is 2.24. The summed E-state index contributed by atoms with van der Waals surface area (Å²) in [4.78, 5) is 5.51. The lowest BCUT2D eigenvalue weighted by Crippen LogP contribution is -2.44. The van der Waals surface area contributed by atoms with Crippen LogP contribution in [0.25, 0.3) is 5.69 Å². The van der Waals surface area contributed by atoms with E-state index in [-0.39, 0.29) is 24.0 Å². The highest BCUT2D eigenvalue weighted by Crippen LogP contribution is 2.24. The van der Waals surface area contributed by atoms with Crippen molar-refractivity contribution in [2.45, 2.75) is 26.0 Å². The number of benzene rings is 1. The number of rotatable bonds is 8. The maximum Gasteiger partial charge on any atom is 0.191 e. The van der Waals surface area contributed by atoms with E-state index in [4.69, 9.17) is 4.74 Å². The summed E-state index contributed by atoms with van der Waals surface area (Å²) in [5.41, 5.74) is 0.849. The van der Waals surface area contributed by atoms with Crippen molar-refractivity contribution in [3.05, 3.63) is 64.6 Å². The molecule has 0 aliphatic rings. The monoisotopic (exact) mass is 541 g/mol. The fourth-order valence-corrected chi connectivity index (χ4v) is 3.54. The number of hydrogen-bond donors (Lipinski definition) is 3. The smallest absolute Gasteiger partial charge is 0.191 e. The van der Waals surface area contributed by atoms with E-state index in [2.05, 4.69) is 20.7 Å². The predicted octanol–water partition coefficient (Wildman–Crippen LogP) is 3.52. The number of guanidine groups is 1. The third kappa shape index (κ3) is 6.44. The Balaban J connectivity index is 0.00000320. The molecule has 3 rings (SSSR count). The molecule has 0 saturated heterocycles. The van der Waals surface area contributed by atoms with Gasteiger partial charge in [0, 0.05) is 17.6 Å². The molecule has 1 aromatic carbocycles. The van der Waals surface area contributed by atoms with Gasteiger partial charge in [-0.05, 0) is 55.6 Å². The molecular weight excluding hydrogens is 513 g/mol. The average molecular weight is 541 g/mol. The zero-order valence-electron chi connectivity index (χ0n) is 17.3. The number of aliphatic imine (C=N–C) groups is 1. The zero-order chi connectivity index (χ0) is 20.7. The minimum absolute atomic E-state index is 0. The van der Waals surface area contributed by atoms with Gasteiger partial charge in [0.15, 0.2) is 5.96 Å². The first-order chi connectivity index (χ1) is 14.0. The highest BCUT2D eigenvalue weighted by atomic mass is 127. The number of methoxy groups -OCH3 is 1. The maximum absolute atomic E-state index is 10.7. The Morgan fingerprint density at radius 2 is 2.00 bits per heavy atom. The van der Waals surface area contributed by atoms with Gasteiger partial charge < -0.3 is 20.5 Å². The third-order valence-electron chi connectivity index (χ3n) is 4.38. The maximum atomic E-state index is 10.7. The summed E-state index contributed by atoms with van der Waals surface area (Å²) in [6.45, 7) is 5.32. The van der Waals surface area contributed by atoms with Crippen molar-refractivity contribution >= 4 is 41.3 Å². The Kier molecular flexibility index (Phi) is 9.12. The molecule has 0 radical (unpaired) electrons. The molecule has 2 aromatic heterocycles. The van der Waals surface area contributed by atoms with Crippen LogP contribution in [0.1, 0.15) is 24.4 Å². The Morgan fingerprint density at radius 1 is 1.23 bits per heavy atom. The summed E-state index contributed by atoms with van der Waals surface area (Å²) in [6, 6.07) is 13.5. The first-order valence-corrected chi connectivity index (χ1v) is 10.4. The summed E-state index contributed by atoms with van der Waals surface area (Å²) >= 11 is 1.54. The lowest BCUT2D eigenvalue weighted by molar-refractivity contribution is 0.0655. The van der Waals surface area contributed by atoms with Crippen molar-refractivity contribution in [2.75, 3.05) is 20.2 Å². The SMILES string of the molecule is CCNC(=NCc1ccn(-c2ccc(OC)cc2)n1)NCC(C)(O)c1cccs1.I. The molecule has 0 fully saturated rings. The summed E-state index contributed by atoms with van der Waals surface area (Å²) < 4.78 is 7.00. The van der Waals surface area contributed by atoms with Crippen LogP contribution in [-0.2, 0) is 12.1 Å². The first-order valence-electron chi connectivity index (χ1n) is 9.49. The average Bonchev–Trinajstić information content (AvgIpc) is 3.43. The first kappa shape index (κ1) is 24.2. The molecular formula is C21H28IN5O2S. The van der Waals surface area contributed by atoms with Gasteiger partial charge in [0.1, 0.15) is 11.4 Å². The predicted molar refractivity (Wildman–Crippen MR) is 132 cm³/mol. The molecule has 0 aliphatic carbocycles. The van der Waals surface area contributed by atoms with E-state index >= 15 is 0 Å². The molecule has 3 N–H and O–H groups in total. The number of aromatic nitrogens is 2. The number of thiophene rings is 1. The van der Waals surface area contributed by atoms with Gasteiger partial charge in [0.25, 0.3) is 0 Å². The van der Waals surface area contributed by atoms with Gasteiger partial charge in [-0.3, -0.25) is 0 Å². The van der Waals surface area contributed by atoms with Gasteiger partial charge in [-0.25, -0.2) is 9.67 Å². The number of nitrogens with zero attached hydrogens (tertiary/aromatic N) is 3. The Labute approximate surface area is 198 Å². The summed E-state index contributed by atoms with van der Waals surface area (Å²) in [5.74, 6) is 1.45. The quantitative estimate of drug-likeness (QED) is 0.231. The fraction of sp³-hybridized carbons (Fsp3) is 0.333. The van der Waals surface area contributed by atoms with Crippen molar-refractivity contribution in [3.8, 4) is 11.4 Å². The highest BCUT2D eigenvalue weighted by molar-refractivity contribution is 14.0. The molecule has 0 bridgehead atoms. The van der Waals surface area contributed by atoms with Gasteiger partial charge in [-0.15, -0.1) is 35.3 Å². The number of ether oxygens (including phenoxy) is 1. The summed E-state index contributed by atoms with van der Waals surface area (Å²) in [6.07, 6.45) is 1.91. The van der Waals surface area contributed by atoms with Gasteiger partial charge in [-0.1, -0.05) is 6.07 Å². The molecule has 1 atom stereocenters. The van der Waals surface area contributed by atoms with Crippen LogP contribution in [0, 0.1) is 0 Å². The van der Waals surface area contributed by atoms with Crippen LogP contribution in [0.4, 0.5) is 0 Å². The van der Waals surface area contributed by atoms with E-state index in [1.807, 2.05) is 65.6 Å². The third-order valence-corrected chi connectivity index (χ3v) is 5.50. The van der Waals surface area contributed by atoms with Gasteiger partial charge in [0.05, 0.1) is 31.6 Å². The second kappa shape index (κ2) is 11.3. The molecule has 0 aliphatic heterocycles. The summed E-state index contributed by atoms with van der Waals surface area (Å²) in [7, 11) is 1.65. The van der Waals surface area contributed by atoms with Crippen LogP contribution in [0.2, 0.25) is 0 Å². The number of halogens is 1. The molecule has 0 amide bonds. The largest absolute Gasteiger partial charge is 0.497 e. The molecule has 3 aromatic rings. The second-order valence-electron chi connectivity index (χ2n) is 6.75. The molecule has 9 heteroatoms. The van der Waals surface area contributed by atoms with E-state index in [0.717, 1.165) is 28.6 Å². The molecule has 1 unspecified atom stereocenters. The van der Waals surface area contributed by atoms with E-state index in [1.165, 1.54) is 11.3 Å². The van der Waals surface area contributed by atoms with Crippen LogP contribution >= 0.6 is 35.3 Å². The van der Waals surface area contributed by atoms with Crippen molar-refractivity contribution < 1.29 is 9.84 Å². The standard InChI is InChI=1S/C21H27N5O2S.HI/c1-4-22-20(24-15-21(2,27)19-6-5-13-29-19)23-14-16-11-12-26(25-16)17-7-9-18(28-3)10-8-17;/h5-13,27H,4,14-15H2,1-3H3,(H2,22,23,24);1H. The Morgan fingerprint density at radius 3 is 2.63 bits per heavy atom. The summed E-state index contributed by atoms with van der Waals surface area (Å²) in [5, 5.41) is 23.7. The van der Waals surface area contributed by atoms with Crippen LogP contribution in [0.5, 0.6) is 5.75 Å². The molecule has 162 valence electrons. The van der Waals surface area contributed by atoms with Crippen LogP contribution in [-0.4, -0.2) is 41.0 Å². The fourth-order valence-electron chi connectivity index (χ4n) is 2.75. The number of nitrogens with one attached hydrogen (secondary N) is 2. The van der Waals surface area contributed by atoms with Crippen molar-refractivity contribution in [1.29, 1.82) is 0 Å². The van der Waals surface area contributed by atoms with E-state index in [0.29, 0.717) is 19.0 Å². The molecule has 2 heterocycles. The zero-order valence-corrected chi connectivity index (χ0v) is 20.5. The normalized spacial score (nSPS) is 13.3. The second-order valence-corrected chi connectivity index (χ2v) is 7.70. The van der Waals surface area contributed by atoms with Crippen molar-refractivity contribution in [1.82, 2.24) is 20.4 Å². The minimum Gasteiger partial charge on any atom is -0.497 e. The van der Waals surface area contributed by atoms with Crippen LogP contribution < -0.4 is 15.4 Å². The van der Waals surface area contributed by atoms with Crippen LogP contribution in [0.3, 0.4) is 0 Å². The van der Waals surface area contributed by atoms with Crippen LogP contribution in [0.15, 0.2) is 59.0 Å². The Bertz CT molecular complexity index is 923. The molecule has 0 spiro atoms. The van der Waals surface area contributed by atoms with E-state index < -0.39 is 5.60 Å². The van der Waals surface area contributed by atoms with E-state index in [9.17, 15) is 5.11 Å². The number of hydrogen-bond acceptors (Lipinski definition) is 5. The lowest BCUT2D eigenvalue weighted by Gasteiger charge is -2.23.